The van der Waals surface area contributed by atoms with E-state index in [1.807, 2.05) is 39.2 Å². The third kappa shape index (κ3) is 4.62. The van der Waals surface area contributed by atoms with Crippen molar-refractivity contribution in [2.24, 2.45) is 5.73 Å². The van der Waals surface area contributed by atoms with Gasteiger partial charge in [0.15, 0.2) is 13.3 Å². The van der Waals surface area contributed by atoms with Crippen molar-refractivity contribution in [1.29, 1.82) is 0 Å². The first-order valence-corrected chi connectivity index (χ1v) is 14.3. The van der Waals surface area contributed by atoms with Crippen molar-refractivity contribution in [1.82, 2.24) is 0 Å². The van der Waals surface area contributed by atoms with Crippen LogP contribution in [0.1, 0.15) is 16.7 Å². The Labute approximate surface area is 244 Å². The number of hydrogen-bond donors (Lipinski definition) is 1. The highest BCUT2D eigenvalue weighted by Gasteiger charge is 2.53. The van der Waals surface area contributed by atoms with Crippen molar-refractivity contribution in [3.63, 3.8) is 0 Å². The maximum absolute atomic E-state index is 13.8. The zero-order valence-electron chi connectivity index (χ0n) is 25.2. The molecule has 0 aromatic heterocycles. The monoisotopic (exact) mass is 557 g/mol. The number of Topliss-reactive ketones (excluding diaryl/α,β-unsaturated/α-hetero) is 1. The molecule has 0 fully saturated rings. The molecule has 2 aromatic rings. The molecule has 1 aliphatic heterocycles. The Bertz CT molecular complexity index is 1570. The summed E-state index contributed by atoms with van der Waals surface area (Å²) in [5.74, 6) is -2.13. The molecule has 1 unspecified atom stereocenters. The van der Waals surface area contributed by atoms with Crippen LogP contribution >= 0.6 is 0 Å². The Morgan fingerprint density at radius 2 is 1.10 bits per heavy atom. The minimum Gasteiger partial charge on any atom is -0.467 e. The Balaban J connectivity index is 2.14. The Morgan fingerprint density at radius 3 is 1.50 bits per heavy atom. The smallest absolute Gasteiger partial charge is 0.415 e. The van der Waals surface area contributed by atoms with Crippen LogP contribution in [0.2, 0.25) is 0 Å². The number of carbonyl (C=O) groups excluding carboxylic acids is 1. The topological polar surface area (TPSA) is 95.7 Å². The van der Waals surface area contributed by atoms with Crippen LogP contribution in [-0.4, -0.2) is 108 Å². The highest BCUT2D eigenvalue weighted by molar-refractivity contribution is 7.90. The van der Waals surface area contributed by atoms with Crippen LogP contribution in [0.15, 0.2) is 11.6 Å². The molecule has 3 rings (SSSR count). The molecule has 2 N–H and O–H groups in total. The second-order valence-corrected chi connectivity index (χ2v) is 13.5. The Morgan fingerprint density at radius 1 is 0.725 bits per heavy atom. The average Bonchev–Trinajstić information content (AvgIpc) is 3.02. The summed E-state index contributed by atoms with van der Waals surface area (Å²) in [5.41, 5.74) is 8.94. The summed E-state index contributed by atoms with van der Waals surface area (Å²) < 4.78 is 78.7. The van der Waals surface area contributed by atoms with E-state index in [1.165, 1.54) is 54.9 Å². The molecule has 1 heterocycles. The van der Waals surface area contributed by atoms with E-state index in [0.29, 0.717) is 5.56 Å². The number of halogens is 3. The zero-order chi connectivity index (χ0) is 31.1. The fourth-order valence-electron chi connectivity index (χ4n) is 6.08. The van der Waals surface area contributed by atoms with Gasteiger partial charge in [0.1, 0.15) is 86.3 Å². The number of benzene rings is 2. The second kappa shape index (κ2) is 9.95. The fourth-order valence-corrected chi connectivity index (χ4v) is 7.22. The molecular weight excluding hydrogens is 529 g/mol. The minimum absolute atomic E-state index is 0.0546. The SMILES string of the molecule is Bc1c(B)c(B)c(C(B)(B)S(=O)(=O)OC2=C(N)OC(B)(c3c(B)c(B)c(C(F)(F)F)c(B)c3B)C2=O)c(B)c1B. The lowest BCUT2D eigenvalue weighted by atomic mass is 9.53. The molecule has 1 aliphatic rings. The van der Waals surface area contributed by atoms with Crippen molar-refractivity contribution in [2.45, 2.75) is 16.2 Å². The lowest BCUT2D eigenvalue weighted by Crippen LogP contribution is -2.60. The predicted molar refractivity (Wildman–Crippen MR) is 188 cm³/mol. The van der Waals surface area contributed by atoms with Gasteiger partial charge in [-0.15, -0.1) is 16.4 Å². The van der Waals surface area contributed by atoms with Gasteiger partial charge in [0.2, 0.25) is 17.4 Å². The van der Waals surface area contributed by atoms with Gasteiger partial charge in [0.05, 0.1) is 4.55 Å². The Kier molecular flexibility index (Phi) is 8.03. The summed E-state index contributed by atoms with van der Waals surface area (Å²) in [5, 5.41) is 0. The molecule has 196 valence electrons. The van der Waals surface area contributed by atoms with E-state index < -0.39 is 49.3 Å². The lowest BCUT2D eigenvalue weighted by molar-refractivity contribution is -0.135. The van der Waals surface area contributed by atoms with Gasteiger partial charge >= 0.3 is 16.3 Å². The highest BCUT2D eigenvalue weighted by atomic mass is 32.2. The van der Waals surface area contributed by atoms with E-state index in [4.69, 9.17) is 14.7 Å². The van der Waals surface area contributed by atoms with Crippen molar-refractivity contribution in [2.75, 3.05) is 0 Å². The van der Waals surface area contributed by atoms with Crippen molar-refractivity contribution < 1.29 is 35.3 Å². The van der Waals surface area contributed by atoms with Gasteiger partial charge < -0.3 is 14.7 Å². The van der Waals surface area contributed by atoms with E-state index in [9.17, 15) is 26.4 Å². The molecule has 0 saturated heterocycles. The first-order chi connectivity index (χ1) is 17.9. The van der Waals surface area contributed by atoms with Crippen LogP contribution in [-0.2, 0) is 40.1 Å². The molecule has 0 saturated carbocycles. The molecule has 1 atom stereocenters. The second-order valence-electron chi connectivity index (χ2n) is 11.5. The van der Waals surface area contributed by atoms with Gasteiger partial charge in [0, 0.05) is 5.56 Å². The van der Waals surface area contributed by atoms with Gasteiger partial charge in [-0.25, -0.2) is 0 Å². The molecule has 0 bridgehead atoms. The summed E-state index contributed by atoms with van der Waals surface area (Å²) in [4.78, 5) is 13.8. The molecule has 2 aromatic carbocycles. The number of alkyl halides is 3. The van der Waals surface area contributed by atoms with E-state index in [1.54, 1.807) is 0 Å². The van der Waals surface area contributed by atoms with E-state index in [-0.39, 0.29) is 27.4 Å². The van der Waals surface area contributed by atoms with Crippen molar-refractivity contribution in [3.8, 4) is 0 Å². The van der Waals surface area contributed by atoms with Gasteiger partial charge in [-0.05, 0) is 5.56 Å². The largest absolute Gasteiger partial charge is 0.467 e. The summed E-state index contributed by atoms with van der Waals surface area (Å²) in [6.45, 7) is 0. The van der Waals surface area contributed by atoms with Crippen LogP contribution in [0.4, 0.5) is 13.2 Å². The molecule has 0 aliphatic carbocycles. The maximum Gasteiger partial charge on any atom is 0.415 e. The van der Waals surface area contributed by atoms with Crippen LogP contribution in [0.3, 0.4) is 0 Å². The molecule has 22 heteroatoms. The van der Waals surface area contributed by atoms with Crippen LogP contribution in [0, 0.1) is 0 Å². The van der Waals surface area contributed by atoms with Crippen molar-refractivity contribution >= 4 is 159 Å². The summed E-state index contributed by atoms with van der Waals surface area (Å²) in [6.07, 6.45) is -4.60. The molecule has 0 spiro atoms. The number of hydrogen-bond acceptors (Lipinski definition) is 6. The molecule has 6 nitrogen and oxygen atoms in total. The van der Waals surface area contributed by atoms with Gasteiger partial charge in [-0.1, -0.05) is 38.3 Å². The standard InChI is InChI=1S/C18H26B12F3NO5S/c19-4-1(5(20)9(24)3(8(4)23)18(31,32)33)16(28)14(35)13(15(34)38-16)39-40(36,37)17(29,30)2-6(21)10(25)12(27)11(26)7(2)22/h19-30,34H2. The third-order valence-corrected chi connectivity index (χ3v) is 10.8. The number of rotatable bonds is 5. The molecule has 0 radical (unpaired) electrons. The predicted octanol–water partition coefficient (Wildman–Crippen LogP) is -16.0. The van der Waals surface area contributed by atoms with E-state index in [2.05, 4.69) is 0 Å². The summed E-state index contributed by atoms with van der Waals surface area (Å²) >= 11 is 0. The van der Waals surface area contributed by atoms with Crippen LogP contribution in [0.5, 0.6) is 0 Å². The normalized spacial score (nSPS) is 18.1. The summed E-state index contributed by atoms with van der Waals surface area (Å²) in [6, 6.07) is 0. The van der Waals surface area contributed by atoms with E-state index in [0.717, 1.165) is 27.3 Å². The first kappa shape index (κ1) is 32.3. The number of carbonyl (C=O) groups is 1. The Hall–Kier alpha value is -2.23. The lowest BCUT2D eigenvalue weighted by Gasteiger charge is -2.33. The number of ketones is 1. The van der Waals surface area contributed by atoms with E-state index >= 15 is 0 Å². The summed E-state index contributed by atoms with van der Waals surface area (Å²) in [7, 11) is 14.9. The number of ether oxygens (including phenoxy) is 1. The van der Waals surface area contributed by atoms with Gasteiger partial charge in [-0.2, -0.15) is 21.6 Å². The first-order valence-electron chi connectivity index (χ1n) is 12.9. The third-order valence-electron chi connectivity index (χ3n) is 8.98. The zero-order valence-corrected chi connectivity index (χ0v) is 26.0. The van der Waals surface area contributed by atoms with Gasteiger partial charge in [0.25, 0.3) is 0 Å². The van der Waals surface area contributed by atoms with Gasteiger partial charge in [-0.3, -0.25) is 4.79 Å². The molecular formula is C18H26B12F3NO5S. The molecule has 0 amide bonds. The van der Waals surface area contributed by atoms with Crippen LogP contribution < -0.4 is 54.9 Å². The van der Waals surface area contributed by atoms with Crippen molar-refractivity contribution in [3.05, 3.63) is 28.3 Å². The fraction of sp³-hybridized carbons (Fsp3) is 0.167. The minimum atomic E-state index is -4.60. The van der Waals surface area contributed by atoms with Crippen LogP contribution in [0.25, 0.3) is 0 Å². The highest BCUT2D eigenvalue weighted by Crippen LogP contribution is 2.37. The maximum atomic E-state index is 13.8. The quantitative estimate of drug-likeness (QED) is 0.291. The average molecular weight is 555 g/mol. The number of nitrogens with two attached hydrogens (primary N) is 1. The molecule has 40 heavy (non-hydrogen) atoms.